The van der Waals surface area contributed by atoms with Gasteiger partial charge in [0.1, 0.15) is 0 Å². The minimum Gasteiger partial charge on any atom is -0.378 e. The number of nitrogens with one attached hydrogen (secondary N) is 1. The minimum absolute atomic E-state index is 0. The smallest absolute Gasteiger partial charge is 0.290 e. The molecule has 11 nitrogen and oxygen atoms in total. The summed E-state index contributed by atoms with van der Waals surface area (Å²) in [7, 11) is 0. The van der Waals surface area contributed by atoms with E-state index in [2.05, 4.69) is 29.3 Å². The van der Waals surface area contributed by atoms with Crippen molar-refractivity contribution in [3.63, 3.8) is 0 Å². The number of hydrogen-bond donors (Lipinski definition) is 1. The van der Waals surface area contributed by atoms with Gasteiger partial charge in [0.15, 0.2) is 11.6 Å². The molecule has 2 atom stereocenters. The van der Waals surface area contributed by atoms with Crippen molar-refractivity contribution < 1.29 is 18.8 Å². The van der Waals surface area contributed by atoms with Crippen molar-refractivity contribution in [1.29, 1.82) is 0 Å². The molecule has 206 valence electrons. The zero-order valence-electron chi connectivity index (χ0n) is 21.5. The first-order chi connectivity index (χ1) is 18.0. The quantitative estimate of drug-likeness (QED) is 0.476. The summed E-state index contributed by atoms with van der Waals surface area (Å²) < 4.78 is 12.2. The number of carbonyl (C=O) groups excluding carboxylic acids is 2. The third kappa shape index (κ3) is 6.05. The number of aromatic nitrogens is 4. The van der Waals surface area contributed by atoms with Crippen molar-refractivity contribution in [2.75, 3.05) is 45.9 Å². The molecule has 0 saturated carbocycles. The maximum absolute atomic E-state index is 14.2. The molecule has 0 radical (unpaired) electrons. The maximum atomic E-state index is 14.2. The van der Waals surface area contributed by atoms with Crippen LogP contribution < -0.4 is 5.32 Å². The summed E-state index contributed by atoms with van der Waals surface area (Å²) in [5, 5.41) is 7.34. The second-order valence-electron chi connectivity index (χ2n) is 10.2. The molecule has 0 unspecified atom stereocenters. The van der Waals surface area contributed by atoms with Crippen LogP contribution in [-0.2, 0) is 22.5 Å². The summed E-state index contributed by atoms with van der Waals surface area (Å²) in [6, 6.07) is 7.65. The van der Waals surface area contributed by atoms with Gasteiger partial charge in [-0.2, -0.15) is 4.98 Å². The van der Waals surface area contributed by atoms with Crippen molar-refractivity contribution in [1.82, 2.24) is 34.8 Å². The van der Waals surface area contributed by atoms with E-state index in [0.29, 0.717) is 77.0 Å². The topological polar surface area (TPSA) is 119 Å². The van der Waals surface area contributed by atoms with Crippen LogP contribution in [0.5, 0.6) is 0 Å². The predicted molar refractivity (Wildman–Crippen MR) is 143 cm³/mol. The van der Waals surface area contributed by atoms with Gasteiger partial charge in [-0.25, -0.2) is 4.98 Å². The zero-order chi connectivity index (χ0) is 25.8. The lowest BCUT2D eigenvalue weighted by Crippen LogP contribution is -2.56. The molecule has 2 aliphatic rings. The number of carbonyl (C=O) groups is 2. The molecular weight excluding hydrogens is 486 g/mol. The average molecular weight is 526 g/mol. The van der Waals surface area contributed by atoms with Crippen LogP contribution in [0, 0.1) is 11.8 Å². The van der Waals surface area contributed by atoms with E-state index >= 15 is 0 Å². The Hall–Kier alpha value is -3.31. The number of benzene rings is 1. The molecule has 11 heteroatoms. The highest BCUT2D eigenvalue weighted by molar-refractivity contribution is 5.95. The van der Waals surface area contributed by atoms with Gasteiger partial charge in [-0.15, -0.1) is 0 Å². The Bertz CT molecular complexity index is 1200. The Kier molecular flexibility index (Phi) is 9.11. The summed E-state index contributed by atoms with van der Waals surface area (Å²) >= 11 is 0. The summed E-state index contributed by atoms with van der Waals surface area (Å²) in [6.45, 7) is 8.96. The standard InChI is InChI=1S/C26H35N7O4.CH4/c1-18(2)16-33(20-13-19(14-27-15-20)25(34)31-9-11-36-12-10-31)26(35)24-29-21-5-3-4-6-22(21)32(24)8-7-23-28-17-37-30-23;/h3-6,17-20,27H,7-16H2,1-2H3;1H4/t19-,20+;/m1./s1. The largest absolute Gasteiger partial charge is 0.378 e. The second kappa shape index (κ2) is 12.5. The monoisotopic (exact) mass is 525 g/mol. The predicted octanol–water partition coefficient (Wildman–Crippen LogP) is 2.23. The number of piperidine rings is 1. The molecular formula is C27H39N7O4. The van der Waals surface area contributed by atoms with Gasteiger partial charge in [-0.1, -0.05) is 38.6 Å². The Morgan fingerprint density at radius 2 is 1.97 bits per heavy atom. The van der Waals surface area contributed by atoms with Crippen LogP contribution in [0.15, 0.2) is 35.2 Å². The lowest BCUT2D eigenvalue weighted by Gasteiger charge is -2.40. The molecule has 1 aromatic carbocycles. The summed E-state index contributed by atoms with van der Waals surface area (Å²) in [4.78, 5) is 40.1. The van der Waals surface area contributed by atoms with Gasteiger partial charge >= 0.3 is 0 Å². The van der Waals surface area contributed by atoms with Gasteiger partial charge in [-0.05, 0) is 24.5 Å². The number of nitrogens with zero attached hydrogens (tertiary/aromatic N) is 6. The summed E-state index contributed by atoms with van der Waals surface area (Å²) in [6.07, 6.45) is 2.45. The molecule has 2 saturated heterocycles. The van der Waals surface area contributed by atoms with Crippen molar-refractivity contribution in [2.45, 2.75) is 46.7 Å². The lowest BCUT2D eigenvalue weighted by atomic mass is 9.92. The summed E-state index contributed by atoms with van der Waals surface area (Å²) in [5.41, 5.74) is 1.66. The van der Waals surface area contributed by atoms with E-state index in [1.54, 1.807) is 0 Å². The first-order valence-electron chi connectivity index (χ1n) is 13.1. The van der Waals surface area contributed by atoms with Gasteiger partial charge in [0.25, 0.3) is 5.91 Å². The van der Waals surface area contributed by atoms with Crippen LogP contribution in [0.25, 0.3) is 11.0 Å². The Labute approximate surface area is 223 Å². The van der Waals surface area contributed by atoms with E-state index in [0.717, 1.165) is 11.0 Å². The number of para-hydroxylation sites is 2. The molecule has 0 bridgehead atoms. The van der Waals surface area contributed by atoms with Crippen molar-refractivity contribution in [2.24, 2.45) is 11.8 Å². The minimum atomic E-state index is -0.170. The van der Waals surface area contributed by atoms with E-state index in [-0.39, 0.29) is 37.1 Å². The van der Waals surface area contributed by atoms with Crippen LogP contribution in [0.4, 0.5) is 0 Å². The van der Waals surface area contributed by atoms with E-state index in [9.17, 15) is 9.59 Å². The van der Waals surface area contributed by atoms with Crippen molar-refractivity contribution in [3.05, 3.63) is 42.3 Å². The number of ether oxygens (including phenoxy) is 1. The molecule has 38 heavy (non-hydrogen) atoms. The van der Waals surface area contributed by atoms with E-state index in [4.69, 9.17) is 14.2 Å². The third-order valence-electron chi connectivity index (χ3n) is 7.07. The number of hydrogen-bond acceptors (Lipinski definition) is 8. The number of fused-ring (bicyclic) bond motifs is 1. The van der Waals surface area contributed by atoms with Crippen molar-refractivity contribution >= 4 is 22.8 Å². The second-order valence-corrected chi connectivity index (χ2v) is 10.2. The Morgan fingerprint density at radius 1 is 1.18 bits per heavy atom. The highest BCUT2D eigenvalue weighted by Gasteiger charge is 2.36. The van der Waals surface area contributed by atoms with Gasteiger partial charge in [0, 0.05) is 51.7 Å². The van der Waals surface area contributed by atoms with Crippen LogP contribution in [0.2, 0.25) is 0 Å². The lowest BCUT2D eigenvalue weighted by molar-refractivity contribution is -0.140. The molecule has 3 aromatic rings. The zero-order valence-corrected chi connectivity index (χ0v) is 21.5. The van der Waals surface area contributed by atoms with Crippen LogP contribution in [0.3, 0.4) is 0 Å². The highest BCUT2D eigenvalue weighted by Crippen LogP contribution is 2.24. The number of aryl methyl sites for hydroxylation is 2. The fourth-order valence-corrected chi connectivity index (χ4v) is 5.29. The first kappa shape index (κ1) is 27.7. The molecule has 4 heterocycles. The van der Waals surface area contributed by atoms with Crippen LogP contribution >= 0.6 is 0 Å². The molecule has 2 fully saturated rings. The summed E-state index contributed by atoms with van der Waals surface area (Å²) in [5.74, 6) is 1.09. The third-order valence-corrected chi connectivity index (χ3v) is 7.07. The van der Waals surface area contributed by atoms with Crippen molar-refractivity contribution in [3.8, 4) is 0 Å². The molecule has 0 aliphatic carbocycles. The highest BCUT2D eigenvalue weighted by atomic mass is 16.5. The van der Waals surface area contributed by atoms with E-state index in [1.807, 2.05) is 38.6 Å². The molecule has 2 amide bonds. The average Bonchev–Trinajstić information content (AvgIpc) is 3.58. The van der Waals surface area contributed by atoms with E-state index in [1.165, 1.54) is 6.39 Å². The van der Waals surface area contributed by atoms with Crippen LogP contribution in [-0.4, -0.2) is 93.3 Å². The molecule has 1 N–H and O–H groups in total. The fraction of sp³-hybridized carbons (Fsp3) is 0.593. The van der Waals surface area contributed by atoms with E-state index < -0.39 is 0 Å². The fourth-order valence-electron chi connectivity index (χ4n) is 5.29. The molecule has 0 spiro atoms. The number of imidazole rings is 1. The Morgan fingerprint density at radius 3 is 2.71 bits per heavy atom. The normalized spacial score (nSPS) is 19.9. The SMILES string of the molecule is C.CC(C)CN(C(=O)c1nc2ccccc2n1CCc1ncon1)[C@@H]1CNC[C@H](C(=O)N2CCOCC2)C1. The van der Waals surface area contributed by atoms with Gasteiger partial charge in [0.2, 0.25) is 12.3 Å². The Balaban J connectivity index is 0.00000336. The van der Waals surface area contributed by atoms with Gasteiger partial charge in [0.05, 0.1) is 30.2 Å². The van der Waals surface area contributed by atoms with Gasteiger partial charge < -0.3 is 28.9 Å². The first-order valence-corrected chi connectivity index (χ1v) is 13.1. The van der Waals surface area contributed by atoms with Crippen LogP contribution in [0.1, 0.15) is 44.1 Å². The number of morpholine rings is 1. The number of rotatable bonds is 8. The number of amides is 2. The molecule has 2 aliphatic heterocycles. The van der Waals surface area contributed by atoms with Gasteiger partial charge in [-0.3, -0.25) is 9.59 Å². The molecule has 2 aromatic heterocycles. The molecule has 5 rings (SSSR count). The maximum Gasteiger partial charge on any atom is 0.290 e.